The van der Waals surface area contributed by atoms with Crippen molar-refractivity contribution in [3.05, 3.63) is 102 Å². The summed E-state index contributed by atoms with van der Waals surface area (Å²) in [5, 5.41) is 3.34. The standard InChI is InChI=1S/C23H19NO/c1-18(24-22-10-6-3-7-11-22)12-13-19-14-16-21(17-15-19)23(25)20-8-4-2-5-9-20/h2-11,14-18,24H,1H3. The monoisotopic (exact) mass is 325 g/mol. The van der Waals surface area contributed by atoms with Crippen LogP contribution in [0.3, 0.4) is 0 Å². The van der Waals surface area contributed by atoms with Gasteiger partial charge in [0.2, 0.25) is 0 Å². The number of carbonyl (C=O) groups is 1. The Labute approximate surface area is 148 Å². The summed E-state index contributed by atoms with van der Waals surface area (Å²) in [5.74, 6) is 6.36. The van der Waals surface area contributed by atoms with Crippen LogP contribution >= 0.6 is 0 Å². The molecule has 1 N–H and O–H groups in total. The van der Waals surface area contributed by atoms with Crippen LogP contribution in [0.25, 0.3) is 0 Å². The molecule has 122 valence electrons. The number of benzene rings is 3. The van der Waals surface area contributed by atoms with Crippen LogP contribution in [0.5, 0.6) is 0 Å². The fraction of sp³-hybridized carbons (Fsp3) is 0.0870. The van der Waals surface area contributed by atoms with Crippen molar-refractivity contribution in [1.82, 2.24) is 0 Å². The number of carbonyl (C=O) groups excluding carboxylic acids is 1. The number of ketones is 1. The lowest BCUT2D eigenvalue weighted by Gasteiger charge is -2.08. The van der Waals surface area contributed by atoms with Gasteiger partial charge in [0.1, 0.15) is 0 Å². The average Bonchev–Trinajstić information content (AvgIpc) is 2.68. The van der Waals surface area contributed by atoms with Gasteiger partial charge in [-0.3, -0.25) is 4.79 Å². The van der Waals surface area contributed by atoms with Crippen molar-refractivity contribution < 1.29 is 4.79 Å². The molecule has 0 aromatic heterocycles. The molecule has 2 heteroatoms. The fourth-order valence-corrected chi connectivity index (χ4v) is 2.47. The molecule has 2 nitrogen and oxygen atoms in total. The first-order chi connectivity index (χ1) is 12.2. The van der Waals surface area contributed by atoms with Crippen molar-refractivity contribution >= 4 is 11.5 Å². The number of nitrogens with one attached hydrogen (secondary N) is 1. The summed E-state index contributed by atoms with van der Waals surface area (Å²) in [6, 6.07) is 26.8. The van der Waals surface area contributed by atoms with E-state index in [1.165, 1.54) is 0 Å². The van der Waals surface area contributed by atoms with Gasteiger partial charge in [0.25, 0.3) is 0 Å². The molecule has 0 heterocycles. The van der Waals surface area contributed by atoms with E-state index in [4.69, 9.17) is 0 Å². The lowest BCUT2D eigenvalue weighted by molar-refractivity contribution is 0.103. The molecule has 0 aliphatic heterocycles. The average molecular weight is 325 g/mol. The SMILES string of the molecule is CC(C#Cc1ccc(C(=O)c2ccccc2)cc1)Nc1ccccc1. The van der Waals surface area contributed by atoms with Crippen molar-refractivity contribution in [2.24, 2.45) is 0 Å². The van der Waals surface area contributed by atoms with E-state index in [2.05, 4.69) is 17.2 Å². The summed E-state index contributed by atoms with van der Waals surface area (Å²) < 4.78 is 0. The second kappa shape index (κ2) is 7.99. The van der Waals surface area contributed by atoms with E-state index in [0.717, 1.165) is 11.3 Å². The molecular formula is C23H19NO. The van der Waals surface area contributed by atoms with Crippen molar-refractivity contribution in [3.8, 4) is 11.8 Å². The maximum atomic E-state index is 12.4. The molecule has 3 aromatic carbocycles. The first-order valence-electron chi connectivity index (χ1n) is 8.25. The van der Waals surface area contributed by atoms with E-state index in [1.54, 1.807) is 0 Å². The molecule has 0 radical (unpaired) electrons. The van der Waals surface area contributed by atoms with Crippen molar-refractivity contribution in [2.75, 3.05) is 5.32 Å². The minimum absolute atomic E-state index is 0.0271. The zero-order valence-electron chi connectivity index (χ0n) is 14.1. The molecule has 0 spiro atoms. The van der Waals surface area contributed by atoms with Gasteiger partial charge in [-0.25, -0.2) is 0 Å². The molecule has 0 aliphatic carbocycles. The number of anilines is 1. The van der Waals surface area contributed by atoms with Crippen molar-refractivity contribution in [2.45, 2.75) is 13.0 Å². The van der Waals surface area contributed by atoms with Crippen LogP contribution in [0.1, 0.15) is 28.4 Å². The number of rotatable bonds is 4. The van der Waals surface area contributed by atoms with E-state index in [1.807, 2.05) is 91.9 Å². The molecule has 0 aliphatic rings. The van der Waals surface area contributed by atoms with Crippen LogP contribution in [0.4, 0.5) is 5.69 Å². The quantitative estimate of drug-likeness (QED) is 0.553. The minimum Gasteiger partial charge on any atom is -0.372 e. The highest BCUT2D eigenvalue weighted by atomic mass is 16.1. The third-order valence-electron chi connectivity index (χ3n) is 3.77. The molecular weight excluding hydrogens is 306 g/mol. The summed E-state index contributed by atoms with van der Waals surface area (Å²) in [6.45, 7) is 2.02. The normalized spacial score (nSPS) is 11.1. The lowest BCUT2D eigenvalue weighted by atomic mass is 10.0. The molecule has 0 amide bonds. The maximum Gasteiger partial charge on any atom is 0.193 e. The molecule has 0 saturated carbocycles. The van der Waals surface area contributed by atoms with Crippen LogP contribution in [0.15, 0.2) is 84.9 Å². The van der Waals surface area contributed by atoms with Crippen LogP contribution in [-0.4, -0.2) is 11.8 Å². The minimum atomic E-state index is 0.0271. The van der Waals surface area contributed by atoms with Gasteiger partial charge < -0.3 is 5.32 Å². The zero-order chi connectivity index (χ0) is 17.5. The summed E-state index contributed by atoms with van der Waals surface area (Å²) in [5.41, 5.74) is 3.31. The van der Waals surface area contributed by atoms with Gasteiger partial charge in [-0.15, -0.1) is 0 Å². The first kappa shape index (κ1) is 16.5. The second-order valence-corrected chi connectivity index (χ2v) is 5.77. The highest BCUT2D eigenvalue weighted by molar-refractivity contribution is 6.08. The van der Waals surface area contributed by atoms with Crippen LogP contribution in [0, 0.1) is 11.8 Å². The van der Waals surface area contributed by atoms with E-state index >= 15 is 0 Å². The Balaban J connectivity index is 1.66. The van der Waals surface area contributed by atoms with Crippen molar-refractivity contribution in [1.29, 1.82) is 0 Å². The maximum absolute atomic E-state index is 12.4. The van der Waals surface area contributed by atoms with E-state index < -0.39 is 0 Å². The highest BCUT2D eigenvalue weighted by Crippen LogP contribution is 2.11. The topological polar surface area (TPSA) is 29.1 Å². The first-order valence-corrected chi connectivity index (χ1v) is 8.25. The van der Waals surface area contributed by atoms with E-state index in [-0.39, 0.29) is 11.8 Å². The molecule has 3 rings (SSSR count). The lowest BCUT2D eigenvalue weighted by Crippen LogP contribution is -2.12. The van der Waals surface area contributed by atoms with Gasteiger partial charge in [0, 0.05) is 22.4 Å². The molecule has 3 aromatic rings. The third-order valence-corrected chi connectivity index (χ3v) is 3.77. The number of hydrogen-bond donors (Lipinski definition) is 1. The van der Waals surface area contributed by atoms with E-state index in [9.17, 15) is 4.79 Å². The fourth-order valence-electron chi connectivity index (χ4n) is 2.47. The predicted octanol–water partition coefficient (Wildman–Crippen LogP) is 4.77. The van der Waals surface area contributed by atoms with Gasteiger partial charge in [-0.2, -0.15) is 0 Å². The Morgan fingerprint density at radius 3 is 2.00 bits per heavy atom. The number of hydrogen-bond acceptors (Lipinski definition) is 2. The largest absolute Gasteiger partial charge is 0.372 e. The second-order valence-electron chi connectivity index (χ2n) is 5.77. The van der Waals surface area contributed by atoms with Gasteiger partial charge in [-0.05, 0) is 43.3 Å². The van der Waals surface area contributed by atoms with Gasteiger partial charge in [0.05, 0.1) is 6.04 Å². The van der Waals surface area contributed by atoms with Crippen LogP contribution in [0.2, 0.25) is 0 Å². The van der Waals surface area contributed by atoms with Gasteiger partial charge in [-0.1, -0.05) is 60.4 Å². The summed E-state index contributed by atoms with van der Waals surface area (Å²) >= 11 is 0. The molecule has 0 saturated heterocycles. The summed E-state index contributed by atoms with van der Waals surface area (Å²) in [6.07, 6.45) is 0. The Hall–Kier alpha value is -3.31. The van der Waals surface area contributed by atoms with Gasteiger partial charge in [0.15, 0.2) is 5.78 Å². The molecule has 1 unspecified atom stereocenters. The summed E-state index contributed by atoms with van der Waals surface area (Å²) in [4.78, 5) is 12.4. The van der Waals surface area contributed by atoms with Crippen LogP contribution < -0.4 is 5.32 Å². The van der Waals surface area contributed by atoms with E-state index in [0.29, 0.717) is 11.1 Å². The molecule has 25 heavy (non-hydrogen) atoms. The molecule has 1 atom stereocenters. The Bertz CT molecular complexity index is 888. The van der Waals surface area contributed by atoms with Gasteiger partial charge >= 0.3 is 0 Å². The Kier molecular flexibility index (Phi) is 5.29. The smallest absolute Gasteiger partial charge is 0.193 e. The Morgan fingerprint density at radius 2 is 1.36 bits per heavy atom. The Morgan fingerprint density at radius 1 is 0.800 bits per heavy atom. The third kappa shape index (κ3) is 4.59. The molecule has 0 fully saturated rings. The number of para-hydroxylation sites is 1. The van der Waals surface area contributed by atoms with Crippen molar-refractivity contribution in [3.63, 3.8) is 0 Å². The zero-order valence-corrected chi connectivity index (χ0v) is 14.1. The van der Waals surface area contributed by atoms with Crippen LogP contribution in [-0.2, 0) is 0 Å². The highest BCUT2D eigenvalue weighted by Gasteiger charge is 2.07. The summed E-state index contributed by atoms with van der Waals surface area (Å²) in [7, 11) is 0. The molecule has 0 bridgehead atoms. The predicted molar refractivity (Wildman–Crippen MR) is 103 cm³/mol.